The fraction of sp³-hybridized carbons (Fsp3) is 0.438. The first-order valence-electron chi connectivity index (χ1n) is 7.19. The SMILES string of the molecule is CCCn1ncc(-c2cc(F)ccc2CNCC)c1C. The van der Waals surface area contributed by atoms with Gasteiger partial charge in [-0.2, -0.15) is 5.10 Å². The molecule has 0 aliphatic carbocycles. The zero-order valence-corrected chi connectivity index (χ0v) is 12.4. The highest BCUT2D eigenvalue weighted by Crippen LogP contribution is 2.27. The molecule has 20 heavy (non-hydrogen) atoms. The normalized spacial score (nSPS) is 11.0. The molecule has 1 aromatic carbocycles. The van der Waals surface area contributed by atoms with E-state index < -0.39 is 0 Å². The Kier molecular flexibility index (Phi) is 4.90. The molecule has 0 saturated carbocycles. The second-order valence-electron chi connectivity index (χ2n) is 4.95. The molecule has 2 rings (SSSR count). The van der Waals surface area contributed by atoms with Gasteiger partial charge in [0, 0.05) is 24.3 Å². The first kappa shape index (κ1) is 14.7. The Morgan fingerprint density at radius 3 is 2.75 bits per heavy atom. The minimum atomic E-state index is -0.206. The summed E-state index contributed by atoms with van der Waals surface area (Å²) in [4.78, 5) is 0. The predicted octanol–water partition coefficient (Wildman–Crippen LogP) is 3.52. The summed E-state index contributed by atoms with van der Waals surface area (Å²) in [5.41, 5.74) is 4.15. The van der Waals surface area contributed by atoms with Crippen molar-refractivity contribution < 1.29 is 4.39 Å². The molecule has 0 amide bonds. The van der Waals surface area contributed by atoms with Crippen LogP contribution in [0.1, 0.15) is 31.5 Å². The molecule has 0 bridgehead atoms. The van der Waals surface area contributed by atoms with Gasteiger partial charge >= 0.3 is 0 Å². The number of aromatic nitrogens is 2. The molecule has 0 spiro atoms. The van der Waals surface area contributed by atoms with E-state index in [0.717, 1.165) is 48.4 Å². The third kappa shape index (κ3) is 3.07. The van der Waals surface area contributed by atoms with E-state index in [1.165, 1.54) is 6.07 Å². The number of nitrogens with one attached hydrogen (secondary N) is 1. The van der Waals surface area contributed by atoms with E-state index >= 15 is 0 Å². The fourth-order valence-corrected chi connectivity index (χ4v) is 2.36. The van der Waals surface area contributed by atoms with Crippen LogP contribution in [0.25, 0.3) is 11.1 Å². The van der Waals surface area contributed by atoms with Crippen molar-refractivity contribution in [3.8, 4) is 11.1 Å². The van der Waals surface area contributed by atoms with Gasteiger partial charge in [-0.1, -0.05) is 19.9 Å². The summed E-state index contributed by atoms with van der Waals surface area (Å²) in [6.45, 7) is 8.76. The molecule has 0 aliphatic heterocycles. The van der Waals surface area contributed by atoms with E-state index in [1.807, 2.05) is 23.9 Å². The van der Waals surface area contributed by atoms with Crippen molar-refractivity contribution in [2.24, 2.45) is 0 Å². The van der Waals surface area contributed by atoms with Gasteiger partial charge in [0.1, 0.15) is 5.82 Å². The van der Waals surface area contributed by atoms with Gasteiger partial charge in [-0.05, 0) is 43.1 Å². The van der Waals surface area contributed by atoms with E-state index in [1.54, 1.807) is 6.07 Å². The van der Waals surface area contributed by atoms with E-state index in [0.29, 0.717) is 0 Å². The molecule has 0 saturated heterocycles. The van der Waals surface area contributed by atoms with Crippen LogP contribution >= 0.6 is 0 Å². The lowest BCUT2D eigenvalue weighted by Gasteiger charge is -2.10. The van der Waals surface area contributed by atoms with Gasteiger partial charge in [-0.15, -0.1) is 0 Å². The van der Waals surface area contributed by atoms with Crippen molar-refractivity contribution in [1.29, 1.82) is 0 Å². The lowest BCUT2D eigenvalue weighted by molar-refractivity contribution is 0.587. The standard InChI is InChI=1S/C16H22FN3/c1-4-8-20-12(3)16(11-19-20)15-9-14(17)7-6-13(15)10-18-5-2/h6-7,9,11,18H,4-5,8,10H2,1-3H3. The number of hydrogen-bond acceptors (Lipinski definition) is 2. The molecule has 0 aliphatic rings. The number of aryl methyl sites for hydroxylation is 1. The van der Waals surface area contributed by atoms with Crippen molar-refractivity contribution in [3.63, 3.8) is 0 Å². The lowest BCUT2D eigenvalue weighted by atomic mass is 10.00. The second-order valence-corrected chi connectivity index (χ2v) is 4.95. The van der Waals surface area contributed by atoms with Gasteiger partial charge < -0.3 is 5.32 Å². The third-order valence-electron chi connectivity index (χ3n) is 3.47. The Morgan fingerprint density at radius 2 is 2.05 bits per heavy atom. The second kappa shape index (κ2) is 6.66. The molecular formula is C16H22FN3. The number of rotatable bonds is 6. The maximum absolute atomic E-state index is 13.6. The van der Waals surface area contributed by atoms with E-state index in [4.69, 9.17) is 0 Å². The summed E-state index contributed by atoms with van der Waals surface area (Å²) in [6, 6.07) is 4.97. The summed E-state index contributed by atoms with van der Waals surface area (Å²) in [7, 11) is 0. The zero-order valence-electron chi connectivity index (χ0n) is 12.4. The molecule has 1 N–H and O–H groups in total. The van der Waals surface area contributed by atoms with Gasteiger partial charge in [0.2, 0.25) is 0 Å². The summed E-state index contributed by atoms with van der Waals surface area (Å²) < 4.78 is 15.6. The van der Waals surface area contributed by atoms with Crippen LogP contribution in [0.4, 0.5) is 4.39 Å². The quantitative estimate of drug-likeness (QED) is 0.874. The van der Waals surface area contributed by atoms with E-state index in [9.17, 15) is 4.39 Å². The first-order chi connectivity index (χ1) is 9.67. The first-order valence-corrected chi connectivity index (χ1v) is 7.19. The van der Waals surface area contributed by atoms with Gasteiger partial charge in [-0.3, -0.25) is 4.68 Å². The minimum Gasteiger partial charge on any atom is -0.313 e. The third-order valence-corrected chi connectivity index (χ3v) is 3.47. The van der Waals surface area contributed by atoms with Gasteiger partial charge in [-0.25, -0.2) is 4.39 Å². The largest absolute Gasteiger partial charge is 0.313 e. The molecule has 1 heterocycles. The van der Waals surface area contributed by atoms with E-state index in [-0.39, 0.29) is 5.82 Å². The predicted molar refractivity (Wildman–Crippen MR) is 80.0 cm³/mol. The summed E-state index contributed by atoms with van der Waals surface area (Å²) in [5, 5.41) is 7.70. The van der Waals surface area contributed by atoms with Crippen LogP contribution in [0.5, 0.6) is 0 Å². The van der Waals surface area contributed by atoms with Gasteiger partial charge in [0.05, 0.1) is 6.20 Å². The van der Waals surface area contributed by atoms with Gasteiger partial charge in [0.25, 0.3) is 0 Å². The molecule has 0 radical (unpaired) electrons. The Hall–Kier alpha value is -1.68. The maximum Gasteiger partial charge on any atom is 0.123 e. The van der Waals surface area contributed by atoms with Crippen molar-refractivity contribution in [1.82, 2.24) is 15.1 Å². The van der Waals surface area contributed by atoms with Crippen molar-refractivity contribution >= 4 is 0 Å². The number of nitrogens with zero attached hydrogens (tertiary/aromatic N) is 2. The average molecular weight is 275 g/mol. The highest BCUT2D eigenvalue weighted by atomic mass is 19.1. The molecule has 0 atom stereocenters. The van der Waals surface area contributed by atoms with Crippen molar-refractivity contribution in [3.05, 3.63) is 41.5 Å². The molecule has 0 fully saturated rings. The summed E-state index contributed by atoms with van der Waals surface area (Å²) in [5.74, 6) is -0.206. The topological polar surface area (TPSA) is 29.9 Å². The van der Waals surface area contributed by atoms with Crippen LogP contribution in [0.15, 0.2) is 24.4 Å². The summed E-state index contributed by atoms with van der Waals surface area (Å²) >= 11 is 0. The van der Waals surface area contributed by atoms with Crippen molar-refractivity contribution in [2.45, 2.75) is 40.3 Å². The zero-order chi connectivity index (χ0) is 14.5. The Bertz CT molecular complexity index is 575. The number of halogens is 1. The molecule has 2 aromatic rings. The van der Waals surface area contributed by atoms with Crippen LogP contribution in [0, 0.1) is 12.7 Å². The average Bonchev–Trinajstić information content (AvgIpc) is 2.79. The van der Waals surface area contributed by atoms with Crippen LogP contribution in [0.3, 0.4) is 0 Å². The van der Waals surface area contributed by atoms with Crippen LogP contribution in [-0.4, -0.2) is 16.3 Å². The number of benzene rings is 1. The van der Waals surface area contributed by atoms with E-state index in [2.05, 4.69) is 24.3 Å². The smallest absolute Gasteiger partial charge is 0.123 e. The molecule has 3 nitrogen and oxygen atoms in total. The Labute approximate surface area is 119 Å². The van der Waals surface area contributed by atoms with Crippen LogP contribution < -0.4 is 5.32 Å². The highest BCUT2D eigenvalue weighted by Gasteiger charge is 2.12. The maximum atomic E-state index is 13.6. The Morgan fingerprint density at radius 1 is 1.25 bits per heavy atom. The molecule has 0 unspecified atom stereocenters. The molecule has 108 valence electrons. The highest BCUT2D eigenvalue weighted by molar-refractivity contribution is 5.69. The van der Waals surface area contributed by atoms with Gasteiger partial charge in [0.15, 0.2) is 0 Å². The molecule has 1 aromatic heterocycles. The van der Waals surface area contributed by atoms with Crippen LogP contribution in [0.2, 0.25) is 0 Å². The van der Waals surface area contributed by atoms with Crippen molar-refractivity contribution in [2.75, 3.05) is 6.54 Å². The molecular weight excluding hydrogens is 253 g/mol. The van der Waals surface area contributed by atoms with Crippen LogP contribution in [-0.2, 0) is 13.1 Å². The molecule has 4 heteroatoms. The lowest BCUT2D eigenvalue weighted by Crippen LogP contribution is -2.12. The summed E-state index contributed by atoms with van der Waals surface area (Å²) in [6.07, 6.45) is 2.88. The number of hydrogen-bond donors (Lipinski definition) is 1. The minimum absolute atomic E-state index is 0.206. The monoisotopic (exact) mass is 275 g/mol. The fourth-order valence-electron chi connectivity index (χ4n) is 2.36. The Balaban J connectivity index is 2.42.